The van der Waals surface area contributed by atoms with Crippen LogP contribution in [0.25, 0.3) is 0 Å². The zero-order valence-electron chi connectivity index (χ0n) is 12.9. The summed E-state index contributed by atoms with van der Waals surface area (Å²) in [5.41, 5.74) is 1.18. The van der Waals surface area contributed by atoms with Gasteiger partial charge in [0.05, 0.1) is 7.11 Å². The van der Waals surface area contributed by atoms with E-state index in [2.05, 4.69) is 31.0 Å². The van der Waals surface area contributed by atoms with E-state index < -0.39 is 0 Å². The quantitative estimate of drug-likeness (QED) is 0.916. The summed E-state index contributed by atoms with van der Waals surface area (Å²) in [5.74, 6) is 0.00288. The van der Waals surface area contributed by atoms with E-state index in [1.165, 1.54) is 13.2 Å². The predicted octanol–water partition coefficient (Wildman–Crippen LogP) is 3.19. The minimum atomic E-state index is -0.309. The van der Waals surface area contributed by atoms with Crippen LogP contribution in [0.2, 0.25) is 0 Å². The normalized spacial score (nSPS) is 21.9. The molecule has 1 aromatic rings. The van der Waals surface area contributed by atoms with Gasteiger partial charge < -0.3 is 15.0 Å². The Labute approximate surface area is 121 Å². The molecule has 0 saturated carbocycles. The SMILES string of the molecule is CCC1(CC)CN(c2ccc(F)c(OC)c2)C(C)CN1. The van der Waals surface area contributed by atoms with Crippen LogP contribution in [0.5, 0.6) is 5.75 Å². The van der Waals surface area contributed by atoms with Gasteiger partial charge in [-0.25, -0.2) is 4.39 Å². The molecule has 1 aromatic carbocycles. The Hall–Kier alpha value is -1.29. The van der Waals surface area contributed by atoms with Crippen molar-refractivity contribution in [3.05, 3.63) is 24.0 Å². The molecule has 0 bridgehead atoms. The minimum absolute atomic E-state index is 0.147. The molecule has 1 atom stereocenters. The highest BCUT2D eigenvalue weighted by Gasteiger charge is 2.35. The maximum absolute atomic E-state index is 13.6. The highest BCUT2D eigenvalue weighted by molar-refractivity contribution is 5.53. The van der Waals surface area contributed by atoms with Crippen LogP contribution in [-0.2, 0) is 0 Å². The van der Waals surface area contributed by atoms with Crippen molar-refractivity contribution in [1.82, 2.24) is 5.32 Å². The van der Waals surface area contributed by atoms with E-state index in [0.29, 0.717) is 11.8 Å². The van der Waals surface area contributed by atoms with Gasteiger partial charge in [0, 0.05) is 36.4 Å². The van der Waals surface area contributed by atoms with Crippen LogP contribution in [0.4, 0.5) is 10.1 Å². The van der Waals surface area contributed by atoms with Gasteiger partial charge in [-0.2, -0.15) is 0 Å². The third-order valence-corrected chi connectivity index (χ3v) is 4.60. The van der Waals surface area contributed by atoms with Crippen LogP contribution < -0.4 is 15.0 Å². The Morgan fingerprint density at radius 2 is 2.10 bits per heavy atom. The van der Waals surface area contributed by atoms with Crippen LogP contribution in [-0.4, -0.2) is 31.8 Å². The first kappa shape index (κ1) is 15.1. The molecule has 1 heterocycles. The maximum Gasteiger partial charge on any atom is 0.165 e. The smallest absolute Gasteiger partial charge is 0.165 e. The van der Waals surface area contributed by atoms with Crippen molar-refractivity contribution < 1.29 is 9.13 Å². The second kappa shape index (κ2) is 6.00. The molecule has 1 aliphatic heterocycles. The third kappa shape index (κ3) is 2.75. The van der Waals surface area contributed by atoms with Gasteiger partial charge in [0.2, 0.25) is 0 Å². The fraction of sp³-hybridized carbons (Fsp3) is 0.625. The maximum atomic E-state index is 13.6. The summed E-state index contributed by atoms with van der Waals surface area (Å²) in [7, 11) is 1.51. The molecule has 2 rings (SSSR count). The number of halogens is 1. The first-order valence-corrected chi connectivity index (χ1v) is 7.40. The van der Waals surface area contributed by atoms with Crippen molar-refractivity contribution in [1.29, 1.82) is 0 Å². The van der Waals surface area contributed by atoms with Crippen LogP contribution in [0.1, 0.15) is 33.6 Å². The first-order chi connectivity index (χ1) is 9.55. The molecule has 1 aliphatic rings. The zero-order chi connectivity index (χ0) is 14.8. The Morgan fingerprint density at radius 1 is 1.40 bits per heavy atom. The third-order valence-electron chi connectivity index (χ3n) is 4.60. The van der Waals surface area contributed by atoms with Crippen molar-refractivity contribution in [2.45, 2.75) is 45.2 Å². The van der Waals surface area contributed by atoms with E-state index in [0.717, 1.165) is 31.6 Å². The number of benzene rings is 1. The lowest BCUT2D eigenvalue weighted by molar-refractivity contribution is 0.253. The lowest BCUT2D eigenvalue weighted by Gasteiger charge is -2.47. The second-order valence-electron chi connectivity index (χ2n) is 5.66. The number of piperazine rings is 1. The molecular formula is C16H25FN2O. The van der Waals surface area contributed by atoms with Gasteiger partial charge in [0.25, 0.3) is 0 Å². The van der Waals surface area contributed by atoms with E-state index in [1.54, 1.807) is 6.07 Å². The summed E-state index contributed by atoms with van der Waals surface area (Å²) in [5, 5.41) is 3.67. The summed E-state index contributed by atoms with van der Waals surface area (Å²) in [4.78, 5) is 2.35. The van der Waals surface area contributed by atoms with E-state index >= 15 is 0 Å². The summed E-state index contributed by atoms with van der Waals surface area (Å²) >= 11 is 0. The Morgan fingerprint density at radius 3 is 2.70 bits per heavy atom. The average Bonchev–Trinajstić information content (AvgIpc) is 2.49. The van der Waals surface area contributed by atoms with Gasteiger partial charge in [0.15, 0.2) is 11.6 Å². The highest BCUT2D eigenvalue weighted by Crippen LogP contribution is 2.30. The molecule has 1 unspecified atom stereocenters. The summed E-state index contributed by atoms with van der Waals surface area (Å²) in [6.07, 6.45) is 2.18. The first-order valence-electron chi connectivity index (χ1n) is 7.40. The van der Waals surface area contributed by atoms with Crippen molar-refractivity contribution >= 4 is 5.69 Å². The molecule has 1 N–H and O–H groups in total. The molecule has 20 heavy (non-hydrogen) atoms. The molecule has 3 nitrogen and oxygen atoms in total. The number of nitrogens with one attached hydrogen (secondary N) is 1. The van der Waals surface area contributed by atoms with Crippen molar-refractivity contribution in [2.75, 3.05) is 25.1 Å². The number of methoxy groups -OCH3 is 1. The summed E-state index contributed by atoms with van der Waals surface area (Å²) in [6, 6.07) is 5.52. The summed E-state index contributed by atoms with van der Waals surface area (Å²) in [6.45, 7) is 8.52. The second-order valence-corrected chi connectivity index (χ2v) is 5.66. The Balaban J connectivity index is 2.29. The van der Waals surface area contributed by atoms with Gasteiger partial charge >= 0.3 is 0 Å². The zero-order valence-corrected chi connectivity index (χ0v) is 12.9. The van der Waals surface area contributed by atoms with E-state index in [9.17, 15) is 4.39 Å². The van der Waals surface area contributed by atoms with Crippen molar-refractivity contribution in [3.8, 4) is 5.75 Å². The van der Waals surface area contributed by atoms with Crippen LogP contribution in [0.3, 0.4) is 0 Å². The molecule has 0 amide bonds. The molecule has 112 valence electrons. The largest absolute Gasteiger partial charge is 0.494 e. The number of anilines is 1. The Kier molecular flexibility index (Phi) is 4.53. The van der Waals surface area contributed by atoms with Crippen molar-refractivity contribution in [3.63, 3.8) is 0 Å². The number of hydrogen-bond donors (Lipinski definition) is 1. The molecule has 1 saturated heterocycles. The highest BCUT2D eigenvalue weighted by atomic mass is 19.1. The fourth-order valence-corrected chi connectivity index (χ4v) is 2.91. The molecule has 1 fully saturated rings. The predicted molar refractivity (Wildman–Crippen MR) is 81.1 cm³/mol. The van der Waals surface area contributed by atoms with E-state index in [-0.39, 0.29) is 11.4 Å². The van der Waals surface area contributed by atoms with Crippen molar-refractivity contribution in [2.24, 2.45) is 0 Å². The number of ether oxygens (including phenoxy) is 1. The Bertz CT molecular complexity index is 460. The summed E-state index contributed by atoms with van der Waals surface area (Å²) < 4.78 is 18.7. The fourth-order valence-electron chi connectivity index (χ4n) is 2.91. The average molecular weight is 280 g/mol. The van der Waals surface area contributed by atoms with Crippen LogP contribution in [0.15, 0.2) is 18.2 Å². The lowest BCUT2D eigenvalue weighted by Crippen LogP contribution is -2.63. The lowest BCUT2D eigenvalue weighted by atomic mass is 9.88. The molecule has 0 aromatic heterocycles. The van der Waals surface area contributed by atoms with Gasteiger partial charge in [-0.1, -0.05) is 13.8 Å². The van der Waals surface area contributed by atoms with E-state index in [1.807, 2.05) is 6.07 Å². The molecule has 0 radical (unpaired) electrons. The van der Waals surface area contributed by atoms with Gasteiger partial charge in [-0.15, -0.1) is 0 Å². The standard InChI is InChI=1S/C16H25FN2O/c1-5-16(6-2)11-19(12(3)10-18-16)13-7-8-14(17)15(9-13)20-4/h7-9,12,18H,5-6,10-11H2,1-4H3. The van der Waals surface area contributed by atoms with Crippen LogP contribution in [0, 0.1) is 5.82 Å². The van der Waals surface area contributed by atoms with Crippen LogP contribution >= 0.6 is 0 Å². The molecule has 0 spiro atoms. The molecule has 0 aliphatic carbocycles. The number of hydrogen-bond acceptors (Lipinski definition) is 3. The number of rotatable bonds is 4. The van der Waals surface area contributed by atoms with Gasteiger partial charge in [0.1, 0.15) is 0 Å². The monoisotopic (exact) mass is 280 g/mol. The van der Waals surface area contributed by atoms with E-state index in [4.69, 9.17) is 4.74 Å². The molecule has 4 heteroatoms. The number of nitrogens with zero attached hydrogens (tertiary/aromatic N) is 1. The van der Waals surface area contributed by atoms with Gasteiger partial charge in [-0.05, 0) is 31.9 Å². The molecular weight excluding hydrogens is 255 g/mol. The topological polar surface area (TPSA) is 24.5 Å². The van der Waals surface area contributed by atoms with Gasteiger partial charge in [-0.3, -0.25) is 0 Å². The minimum Gasteiger partial charge on any atom is -0.494 e.